The van der Waals surface area contributed by atoms with E-state index in [1.807, 2.05) is 26.0 Å². The van der Waals surface area contributed by atoms with Gasteiger partial charge in [-0.05, 0) is 43.0 Å². The molecule has 2 atom stereocenters. The fourth-order valence-electron chi connectivity index (χ4n) is 2.15. The smallest absolute Gasteiger partial charge is 0.241 e. The molecule has 1 fully saturated rings. The summed E-state index contributed by atoms with van der Waals surface area (Å²) < 4.78 is 27.5. The highest BCUT2D eigenvalue weighted by Gasteiger charge is 2.36. The number of hydrogen-bond donors (Lipinski definition) is 2. The Morgan fingerprint density at radius 2 is 2.05 bits per heavy atom. The summed E-state index contributed by atoms with van der Waals surface area (Å²) in [5, 5.41) is 3.23. The Morgan fingerprint density at radius 3 is 2.63 bits per heavy atom. The van der Waals surface area contributed by atoms with Gasteiger partial charge in [0.1, 0.15) is 0 Å². The molecule has 2 unspecified atom stereocenters. The number of nitrogens with one attached hydrogen (secondary N) is 2. The van der Waals surface area contributed by atoms with Gasteiger partial charge >= 0.3 is 0 Å². The Morgan fingerprint density at radius 1 is 1.37 bits per heavy atom. The number of sulfonamides is 1. The molecule has 0 saturated heterocycles. The highest BCUT2D eigenvalue weighted by Crippen LogP contribution is 2.31. The normalized spacial score (nSPS) is 22.5. The molecule has 0 bridgehead atoms. The molecule has 0 amide bonds. The van der Waals surface area contributed by atoms with Gasteiger partial charge in [-0.15, -0.1) is 0 Å². The number of hydrogen-bond acceptors (Lipinski definition) is 3. The van der Waals surface area contributed by atoms with Crippen LogP contribution in [0.3, 0.4) is 0 Å². The lowest BCUT2D eigenvalue weighted by Gasteiger charge is -2.13. The quantitative estimate of drug-likeness (QED) is 0.836. The van der Waals surface area contributed by atoms with Crippen LogP contribution in [0, 0.1) is 12.8 Å². The predicted octanol–water partition coefficient (Wildman–Crippen LogP) is 1.79. The van der Waals surface area contributed by atoms with Crippen LogP contribution >= 0.6 is 0 Å². The molecule has 1 aliphatic rings. The fraction of sp³-hybridized carbons (Fsp3) is 0.571. The molecule has 1 aliphatic carbocycles. The first-order chi connectivity index (χ1) is 8.95. The molecule has 4 nitrogen and oxygen atoms in total. The zero-order chi connectivity index (χ0) is 14.0. The van der Waals surface area contributed by atoms with Gasteiger partial charge in [0.25, 0.3) is 0 Å². The highest BCUT2D eigenvalue weighted by atomic mass is 32.2. The van der Waals surface area contributed by atoms with Crippen molar-refractivity contribution < 1.29 is 8.42 Å². The zero-order valence-electron chi connectivity index (χ0n) is 11.7. The van der Waals surface area contributed by atoms with Crippen molar-refractivity contribution in [1.29, 1.82) is 0 Å². The summed E-state index contributed by atoms with van der Waals surface area (Å²) in [6, 6.07) is 5.57. The van der Waals surface area contributed by atoms with Crippen LogP contribution in [0.4, 0.5) is 0 Å². The van der Waals surface area contributed by atoms with Gasteiger partial charge in [0, 0.05) is 12.6 Å². The topological polar surface area (TPSA) is 58.2 Å². The van der Waals surface area contributed by atoms with Crippen molar-refractivity contribution in [3.05, 3.63) is 29.3 Å². The van der Waals surface area contributed by atoms with E-state index in [0.717, 1.165) is 24.1 Å². The summed E-state index contributed by atoms with van der Waals surface area (Å²) in [4.78, 5) is 0.405. The summed E-state index contributed by atoms with van der Waals surface area (Å²) in [6.07, 6.45) is 0.940. The van der Waals surface area contributed by atoms with Crippen molar-refractivity contribution in [2.24, 2.45) is 5.92 Å². The molecule has 0 aliphatic heterocycles. The van der Waals surface area contributed by atoms with Crippen LogP contribution in [0.1, 0.15) is 31.4 Å². The van der Waals surface area contributed by atoms with E-state index in [-0.39, 0.29) is 6.04 Å². The molecule has 1 saturated carbocycles. The largest absolute Gasteiger partial charge is 0.313 e. The van der Waals surface area contributed by atoms with Crippen LogP contribution in [0.5, 0.6) is 0 Å². The number of rotatable bonds is 6. The van der Waals surface area contributed by atoms with E-state index in [9.17, 15) is 8.42 Å². The van der Waals surface area contributed by atoms with Crippen molar-refractivity contribution in [3.63, 3.8) is 0 Å². The van der Waals surface area contributed by atoms with E-state index in [2.05, 4.69) is 17.0 Å². The van der Waals surface area contributed by atoms with E-state index in [4.69, 9.17) is 0 Å². The molecule has 2 rings (SSSR count). The maximum atomic E-state index is 12.3. The average molecular weight is 282 g/mol. The fourth-order valence-corrected chi connectivity index (χ4v) is 3.80. The Balaban J connectivity index is 2.23. The summed E-state index contributed by atoms with van der Waals surface area (Å²) in [5.41, 5.74) is 1.87. The second-order valence-electron chi connectivity index (χ2n) is 5.26. The van der Waals surface area contributed by atoms with Gasteiger partial charge in [0.05, 0.1) is 4.90 Å². The van der Waals surface area contributed by atoms with Gasteiger partial charge in [-0.3, -0.25) is 0 Å². The minimum atomic E-state index is -3.39. The second kappa shape index (κ2) is 5.61. The van der Waals surface area contributed by atoms with Gasteiger partial charge in [0.2, 0.25) is 10.0 Å². The molecule has 106 valence electrons. The van der Waals surface area contributed by atoms with Crippen LogP contribution in [-0.4, -0.2) is 21.0 Å². The molecule has 0 heterocycles. The molecular weight excluding hydrogens is 260 g/mol. The van der Waals surface area contributed by atoms with Crippen LogP contribution in [-0.2, 0) is 16.6 Å². The molecular formula is C14H22N2O2S. The van der Waals surface area contributed by atoms with E-state index >= 15 is 0 Å². The van der Waals surface area contributed by atoms with Crippen molar-refractivity contribution in [1.82, 2.24) is 10.0 Å². The van der Waals surface area contributed by atoms with Crippen molar-refractivity contribution in [3.8, 4) is 0 Å². The third kappa shape index (κ3) is 3.35. The average Bonchev–Trinajstić information content (AvgIpc) is 3.02. The lowest BCUT2D eigenvalue weighted by molar-refractivity contribution is 0.577. The predicted molar refractivity (Wildman–Crippen MR) is 76.5 cm³/mol. The Bertz CT molecular complexity index is 555. The number of benzene rings is 1. The van der Waals surface area contributed by atoms with E-state index in [1.54, 1.807) is 6.07 Å². The third-order valence-electron chi connectivity index (χ3n) is 3.67. The molecule has 1 aromatic carbocycles. The van der Waals surface area contributed by atoms with Crippen LogP contribution in [0.2, 0.25) is 0 Å². The maximum Gasteiger partial charge on any atom is 0.241 e. The molecule has 0 aromatic heterocycles. The minimum Gasteiger partial charge on any atom is -0.313 e. The zero-order valence-corrected chi connectivity index (χ0v) is 12.5. The van der Waals surface area contributed by atoms with Crippen molar-refractivity contribution >= 4 is 10.0 Å². The summed E-state index contributed by atoms with van der Waals surface area (Å²) in [6.45, 7) is 7.53. The maximum absolute atomic E-state index is 12.3. The van der Waals surface area contributed by atoms with Gasteiger partial charge in [-0.1, -0.05) is 26.0 Å². The molecule has 19 heavy (non-hydrogen) atoms. The summed E-state index contributed by atoms with van der Waals surface area (Å²) in [5.74, 6) is 0.458. The van der Waals surface area contributed by atoms with Gasteiger partial charge in [0.15, 0.2) is 0 Å². The third-order valence-corrected chi connectivity index (χ3v) is 5.30. The van der Waals surface area contributed by atoms with Gasteiger partial charge in [-0.2, -0.15) is 0 Å². The summed E-state index contributed by atoms with van der Waals surface area (Å²) in [7, 11) is -3.39. The van der Waals surface area contributed by atoms with Crippen molar-refractivity contribution in [2.45, 2.75) is 44.7 Å². The molecule has 5 heteroatoms. The molecule has 1 aromatic rings. The van der Waals surface area contributed by atoms with E-state index in [1.165, 1.54) is 0 Å². The second-order valence-corrected chi connectivity index (χ2v) is 6.94. The SMILES string of the molecule is CCNCc1cccc(S(=O)(=O)NC2CC2C)c1C. The van der Waals surface area contributed by atoms with Gasteiger partial charge < -0.3 is 5.32 Å². The van der Waals surface area contributed by atoms with E-state index < -0.39 is 10.0 Å². The molecule has 0 radical (unpaired) electrons. The van der Waals surface area contributed by atoms with Crippen LogP contribution in [0.25, 0.3) is 0 Å². The first-order valence-corrected chi connectivity index (χ1v) is 8.25. The van der Waals surface area contributed by atoms with Crippen molar-refractivity contribution in [2.75, 3.05) is 6.54 Å². The van der Waals surface area contributed by atoms with Crippen LogP contribution in [0.15, 0.2) is 23.1 Å². The first-order valence-electron chi connectivity index (χ1n) is 6.77. The van der Waals surface area contributed by atoms with Gasteiger partial charge in [-0.25, -0.2) is 13.1 Å². The minimum absolute atomic E-state index is 0.113. The first kappa shape index (κ1) is 14.5. The highest BCUT2D eigenvalue weighted by molar-refractivity contribution is 7.89. The Labute approximate surface area is 115 Å². The standard InChI is InChI=1S/C14H22N2O2S/c1-4-15-9-12-6-5-7-14(11(12)3)19(17,18)16-13-8-10(13)2/h5-7,10,13,15-16H,4,8-9H2,1-3H3. The molecule has 2 N–H and O–H groups in total. The van der Waals surface area contributed by atoms with E-state index in [0.29, 0.717) is 17.4 Å². The summed E-state index contributed by atoms with van der Waals surface area (Å²) >= 11 is 0. The van der Waals surface area contributed by atoms with Crippen LogP contribution < -0.4 is 10.0 Å². The monoisotopic (exact) mass is 282 g/mol. The molecule has 0 spiro atoms. The lowest BCUT2D eigenvalue weighted by Crippen LogP contribution is -2.28. The lowest BCUT2D eigenvalue weighted by atomic mass is 10.1. The Hall–Kier alpha value is -0.910. The Kier molecular flexibility index (Phi) is 4.28.